The minimum Gasteiger partial charge on any atom is -0.294 e. The fourth-order valence-corrected chi connectivity index (χ4v) is 3.09. The van der Waals surface area contributed by atoms with Gasteiger partial charge in [0.05, 0.1) is 28.9 Å². The summed E-state index contributed by atoms with van der Waals surface area (Å²) in [7, 11) is 0. The number of rotatable bonds is 3. The van der Waals surface area contributed by atoms with E-state index in [0.717, 1.165) is 4.57 Å². The number of carbonyl (C=O) groups excluding carboxylic acids is 1. The number of aromatic nitrogens is 3. The first-order valence-electron chi connectivity index (χ1n) is 8.46. The molecule has 136 valence electrons. The Kier molecular flexibility index (Phi) is 4.26. The molecule has 1 aliphatic rings. The van der Waals surface area contributed by atoms with Gasteiger partial charge in [0.15, 0.2) is 11.4 Å². The quantitative estimate of drug-likeness (QED) is 0.690. The highest BCUT2D eigenvalue weighted by Crippen LogP contribution is 2.16. The van der Waals surface area contributed by atoms with Crippen LogP contribution < -0.4 is 11.2 Å². The van der Waals surface area contributed by atoms with E-state index >= 15 is 0 Å². The molecule has 0 unspecified atom stereocenters. The lowest BCUT2D eigenvalue weighted by Crippen LogP contribution is -2.40. The lowest BCUT2D eigenvalue weighted by Gasteiger charge is -2.15. The molecule has 0 spiro atoms. The van der Waals surface area contributed by atoms with Crippen molar-refractivity contribution in [3.8, 4) is 11.8 Å². The highest BCUT2D eigenvalue weighted by atomic mass is 16.2. The topological polar surface area (TPSA) is 110 Å². The lowest BCUT2D eigenvalue weighted by atomic mass is 10.2. The number of hydrogen-bond donors (Lipinski definition) is 0. The fourth-order valence-electron chi connectivity index (χ4n) is 3.09. The van der Waals surface area contributed by atoms with Crippen molar-refractivity contribution in [3.05, 3.63) is 80.8 Å². The maximum atomic E-state index is 13.2. The minimum atomic E-state index is -0.659. The number of fused-ring (bicyclic) bond motifs is 1. The number of aliphatic imine (C=N–C) groups is 1. The average molecular weight is 371 g/mol. The van der Waals surface area contributed by atoms with E-state index in [-0.39, 0.29) is 35.3 Å². The van der Waals surface area contributed by atoms with Crippen molar-refractivity contribution >= 4 is 23.0 Å². The zero-order chi connectivity index (χ0) is 19.7. The van der Waals surface area contributed by atoms with Crippen LogP contribution in [0, 0.1) is 11.3 Å². The van der Waals surface area contributed by atoms with Crippen molar-refractivity contribution in [2.45, 2.75) is 13.0 Å². The molecule has 0 saturated heterocycles. The van der Waals surface area contributed by atoms with Gasteiger partial charge in [-0.2, -0.15) is 5.26 Å². The highest BCUT2D eigenvalue weighted by Gasteiger charge is 2.18. The van der Waals surface area contributed by atoms with E-state index in [9.17, 15) is 19.6 Å². The molecule has 0 fully saturated rings. The van der Waals surface area contributed by atoms with Crippen LogP contribution in [0.4, 0.5) is 0 Å². The third-order valence-corrected chi connectivity index (χ3v) is 4.36. The molecule has 0 atom stereocenters. The van der Waals surface area contributed by atoms with Crippen molar-refractivity contribution < 1.29 is 4.79 Å². The van der Waals surface area contributed by atoms with Gasteiger partial charge in [-0.1, -0.05) is 12.1 Å². The molecule has 0 amide bonds. The zero-order valence-electron chi connectivity index (χ0n) is 14.6. The Labute approximate surface area is 158 Å². The van der Waals surface area contributed by atoms with E-state index in [4.69, 9.17) is 0 Å². The van der Waals surface area contributed by atoms with Gasteiger partial charge in [-0.15, -0.1) is 0 Å². The van der Waals surface area contributed by atoms with Gasteiger partial charge in [-0.3, -0.25) is 19.1 Å². The zero-order valence-corrected chi connectivity index (χ0v) is 14.6. The summed E-state index contributed by atoms with van der Waals surface area (Å²) < 4.78 is 2.24. The highest BCUT2D eigenvalue weighted by molar-refractivity contribution is 6.01. The fraction of sp³-hybridized carbons (Fsp3) is 0.100. The molecule has 0 aliphatic carbocycles. The van der Waals surface area contributed by atoms with Gasteiger partial charge in [-0.05, 0) is 24.3 Å². The predicted molar refractivity (Wildman–Crippen MR) is 103 cm³/mol. The summed E-state index contributed by atoms with van der Waals surface area (Å²) >= 11 is 0. The smallest absolute Gasteiger partial charge is 0.294 e. The summed E-state index contributed by atoms with van der Waals surface area (Å²) in [5.74, 6) is -0.143. The van der Waals surface area contributed by atoms with Gasteiger partial charge < -0.3 is 0 Å². The summed E-state index contributed by atoms with van der Waals surface area (Å²) in [5.41, 5.74) is -0.120. The van der Waals surface area contributed by atoms with Crippen LogP contribution in [0.25, 0.3) is 16.7 Å². The molecule has 1 aliphatic heterocycles. The molecule has 8 nitrogen and oxygen atoms in total. The molecule has 28 heavy (non-hydrogen) atoms. The minimum absolute atomic E-state index is 0.143. The molecule has 8 heteroatoms. The van der Waals surface area contributed by atoms with Crippen molar-refractivity contribution in [1.29, 1.82) is 5.26 Å². The van der Waals surface area contributed by atoms with Crippen LogP contribution in [0.5, 0.6) is 0 Å². The van der Waals surface area contributed by atoms with Crippen molar-refractivity contribution in [2.24, 2.45) is 4.99 Å². The van der Waals surface area contributed by atoms with Crippen LogP contribution in [0.3, 0.4) is 0 Å². The average Bonchev–Trinajstić information content (AvgIpc) is 2.72. The number of hydrogen-bond acceptors (Lipinski definition) is 6. The Hall–Kier alpha value is -4.12. The second-order valence-electron chi connectivity index (χ2n) is 6.13. The maximum Gasteiger partial charge on any atom is 0.337 e. The maximum absolute atomic E-state index is 13.2. The summed E-state index contributed by atoms with van der Waals surface area (Å²) in [6.45, 7) is -0.153. The first-order valence-corrected chi connectivity index (χ1v) is 8.46. The summed E-state index contributed by atoms with van der Waals surface area (Å²) in [6.07, 6.45) is 4.45. The Bertz CT molecular complexity index is 1340. The van der Waals surface area contributed by atoms with Crippen molar-refractivity contribution in [2.75, 3.05) is 0 Å². The largest absolute Gasteiger partial charge is 0.337 e. The number of pyridine rings is 1. The van der Waals surface area contributed by atoms with Crippen LogP contribution in [-0.2, 0) is 11.3 Å². The Morgan fingerprint density at radius 2 is 1.93 bits per heavy atom. The van der Waals surface area contributed by atoms with E-state index < -0.39 is 11.2 Å². The molecule has 0 saturated carbocycles. The number of ketones is 1. The van der Waals surface area contributed by atoms with Gasteiger partial charge in [0.25, 0.3) is 5.56 Å². The molecule has 3 aromatic rings. The lowest BCUT2D eigenvalue weighted by molar-refractivity contribution is -0.113. The van der Waals surface area contributed by atoms with Crippen LogP contribution in [0.15, 0.2) is 68.9 Å². The molecular weight excluding hydrogens is 358 g/mol. The van der Waals surface area contributed by atoms with E-state index in [1.165, 1.54) is 23.1 Å². The first kappa shape index (κ1) is 17.3. The second kappa shape index (κ2) is 6.89. The van der Waals surface area contributed by atoms with Gasteiger partial charge in [0, 0.05) is 24.9 Å². The molecule has 2 aromatic heterocycles. The summed E-state index contributed by atoms with van der Waals surface area (Å²) in [6, 6.07) is 11.8. The Morgan fingerprint density at radius 1 is 1.11 bits per heavy atom. The molecule has 0 bridgehead atoms. The number of nitriles is 1. The molecular formula is C20H13N5O3. The molecule has 0 N–H and O–H groups in total. The van der Waals surface area contributed by atoms with Gasteiger partial charge >= 0.3 is 5.69 Å². The second-order valence-corrected chi connectivity index (χ2v) is 6.13. The predicted octanol–water partition coefficient (Wildman–Crippen LogP) is 1.35. The number of nitrogens with zero attached hydrogens (tertiary/aromatic N) is 5. The van der Waals surface area contributed by atoms with Crippen molar-refractivity contribution in [3.63, 3.8) is 0 Å². The normalized spacial score (nSPS) is 13.4. The number of para-hydroxylation sites is 1. The van der Waals surface area contributed by atoms with Gasteiger partial charge in [0.2, 0.25) is 0 Å². The molecule has 0 radical (unpaired) electrons. The number of carbonyl (C=O) groups is 1. The first-order chi connectivity index (χ1) is 13.6. The summed E-state index contributed by atoms with van der Waals surface area (Å²) in [5, 5.41) is 9.66. The van der Waals surface area contributed by atoms with E-state index in [1.54, 1.807) is 36.4 Å². The third kappa shape index (κ3) is 2.85. The van der Waals surface area contributed by atoms with Gasteiger partial charge in [-0.25, -0.2) is 14.3 Å². The third-order valence-electron chi connectivity index (χ3n) is 4.36. The Balaban J connectivity index is 2.04. The SMILES string of the molecule is N#Cc1ccccc1-n1c(=O)n(CC2=CC(=O)CC=N2)c(=O)c2cccnc21. The van der Waals surface area contributed by atoms with Crippen LogP contribution in [-0.4, -0.2) is 26.1 Å². The van der Waals surface area contributed by atoms with Crippen molar-refractivity contribution in [1.82, 2.24) is 14.1 Å². The number of allylic oxidation sites excluding steroid dienone is 2. The standard InChI is InChI=1S/C20H13N5O3/c21-11-13-4-1-2-6-17(13)25-18-16(5-3-8-23-18)19(27)24(20(25)28)12-14-10-15(26)7-9-22-14/h1-6,8-10H,7,12H2. The van der Waals surface area contributed by atoms with Gasteiger partial charge in [0.1, 0.15) is 6.07 Å². The summed E-state index contributed by atoms with van der Waals surface area (Å²) in [4.78, 5) is 46.1. The molecule has 1 aromatic carbocycles. The van der Waals surface area contributed by atoms with Crippen LogP contribution in [0.1, 0.15) is 12.0 Å². The van der Waals surface area contributed by atoms with E-state index in [2.05, 4.69) is 16.0 Å². The van der Waals surface area contributed by atoms with Crippen LogP contribution >= 0.6 is 0 Å². The van der Waals surface area contributed by atoms with E-state index in [0.29, 0.717) is 11.4 Å². The monoisotopic (exact) mass is 371 g/mol. The Morgan fingerprint density at radius 3 is 2.71 bits per heavy atom. The molecule has 4 rings (SSSR count). The molecule has 3 heterocycles. The number of benzene rings is 1. The van der Waals surface area contributed by atoms with E-state index in [1.807, 2.05) is 0 Å². The van der Waals surface area contributed by atoms with Crippen LogP contribution in [0.2, 0.25) is 0 Å².